The lowest BCUT2D eigenvalue weighted by atomic mass is 10.1. The van der Waals surface area contributed by atoms with Crippen molar-refractivity contribution in [1.82, 2.24) is 5.32 Å². The molecule has 146 valence electrons. The van der Waals surface area contributed by atoms with Crippen LogP contribution in [0.15, 0.2) is 69.8 Å². The Kier molecular flexibility index (Phi) is 5.51. The summed E-state index contributed by atoms with van der Waals surface area (Å²) in [7, 11) is 1.66. The predicted octanol–water partition coefficient (Wildman–Crippen LogP) is 4.93. The number of amides is 2. The Morgan fingerprint density at radius 2 is 2.00 bits per heavy atom. The minimum Gasteiger partial charge on any atom is -0.347 e. The van der Waals surface area contributed by atoms with Gasteiger partial charge in [0.2, 0.25) is 0 Å². The van der Waals surface area contributed by atoms with E-state index >= 15 is 0 Å². The zero-order valence-electron chi connectivity index (χ0n) is 15.5. The van der Waals surface area contributed by atoms with E-state index in [1.807, 2.05) is 23.6 Å². The van der Waals surface area contributed by atoms with Gasteiger partial charge in [-0.15, -0.1) is 11.3 Å². The summed E-state index contributed by atoms with van der Waals surface area (Å²) < 4.78 is 14.0. The zero-order chi connectivity index (χ0) is 20.4. The number of benzene rings is 2. The van der Waals surface area contributed by atoms with Gasteiger partial charge >= 0.3 is 0 Å². The highest BCUT2D eigenvalue weighted by atomic mass is 32.2. The number of thiophene rings is 1. The standard InChI is InChI=1S/C22H17FN2O2S2/c1-25-18-11-15(21(26)24-13-16-6-4-10-28-16)8-9-19(18)29-20(22(25)27)12-14-5-2-3-7-17(14)23/h2-12H,13H2,1H3,(H,24,26)/b20-12-. The monoisotopic (exact) mass is 424 g/mol. The molecule has 0 fully saturated rings. The topological polar surface area (TPSA) is 49.4 Å². The molecule has 4 rings (SSSR count). The number of hydrogen-bond donors (Lipinski definition) is 1. The number of nitrogens with zero attached hydrogens (tertiary/aromatic N) is 1. The van der Waals surface area contributed by atoms with E-state index in [4.69, 9.17) is 0 Å². The van der Waals surface area contributed by atoms with E-state index in [1.54, 1.807) is 54.8 Å². The van der Waals surface area contributed by atoms with Gasteiger partial charge in [-0.25, -0.2) is 4.39 Å². The number of rotatable bonds is 4. The highest BCUT2D eigenvalue weighted by molar-refractivity contribution is 8.04. The van der Waals surface area contributed by atoms with Crippen LogP contribution in [0.2, 0.25) is 0 Å². The highest BCUT2D eigenvalue weighted by Crippen LogP contribution is 2.42. The Balaban J connectivity index is 1.57. The molecule has 1 aliphatic heterocycles. The normalized spacial score (nSPS) is 14.8. The van der Waals surface area contributed by atoms with Crippen LogP contribution in [0.4, 0.5) is 10.1 Å². The molecule has 1 aliphatic rings. The number of likely N-dealkylation sites (N-methyl/N-ethyl adjacent to an activating group) is 1. The van der Waals surface area contributed by atoms with Gasteiger partial charge in [0, 0.05) is 27.9 Å². The molecule has 29 heavy (non-hydrogen) atoms. The van der Waals surface area contributed by atoms with Crippen molar-refractivity contribution in [3.8, 4) is 0 Å². The van der Waals surface area contributed by atoms with E-state index in [0.717, 1.165) is 9.77 Å². The number of carbonyl (C=O) groups excluding carboxylic acids is 2. The molecule has 0 spiro atoms. The SMILES string of the molecule is CN1C(=O)/C(=C/c2ccccc2F)Sc2ccc(C(=O)NCc3cccs3)cc21. The molecule has 0 aliphatic carbocycles. The number of fused-ring (bicyclic) bond motifs is 1. The number of nitrogens with one attached hydrogen (secondary N) is 1. The van der Waals surface area contributed by atoms with E-state index in [0.29, 0.717) is 28.3 Å². The van der Waals surface area contributed by atoms with Crippen molar-refractivity contribution in [1.29, 1.82) is 0 Å². The van der Waals surface area contributed by atoms with E-state index in [-0.39, 0.29) is 17.6 Å². The van der Waals surface area contributed by atoms with Crippen molar-refractivity contribution in [2.24, 2.45) is 0 Å². The predicted molar refractivity (Wildman–Crippen MR) is 116 cm³/mol. The van der Waals surface area contributed by atoms with Crippen molar-refractivity contribution in [2.45, 2.75) is 11.4 Å². The Hall–Kier alpha value is -2.90. The van der Waals surface area contributed by atoms with Gasteiger partial charge in [-0.05, 0) is 41.8 Å². The van der Waals surface area contributed by atoms with Crippen molar-refractivity contribution < 1.29 is 14.0 Å². The third kappa shape index (κ3) is 4.11. The molecule has 4 nitrogen and oxygen atoms in total. The largest absolute Gasteiger partial charge is 0.347 e. The van der Waals surface area contributed by atoms with Gasteiger partial charge in [0.05, 0.1) is 17.1 Å². The molecule has 2 amide bonds. The second-order valence-corrected chi connectivity index (χ2v) is 8.56. The van der Waals surface area contributed by atoms with Crippen molar-refractivity contribution in [3.63, 3.8) is 0 Å². The summed E-state index contributed by atoms with van der Waals surface area (Å²) in [6.07, 6.45) is 1.56. The van der Waals surface area contributed by atoms with Gasteiger partial charge in [0.15, 0.2) is 0 Å². The fourth-order valence-electron chi connectivity index (χ4n) is 2.95. The molecule has 3 aromatic rings. The third-order valence-electron chi connectivity index (χ3n) is 4.51. The Morgan fingerprint density at radius 1 is 1.17 bits per heavy atom. The average molecular weight is 425 g/mol. The van der Waals surface area contributed by atoms with Crippen LogP contribution in [0.25, 0.3) is 6.08 Å². The van der Waals surface area contributed by atoms with E-state index < -0.39 is 0 Å². The summed E-state index contributed by atoms with van der Waals surface area (Å²) in [4.78, 5) is 29.1. The number of halogens is 1. The molecule has 2 heterocycles. The minimum absolute atomic E-state index is 0.195. The van der Waals surface area contributed by atoms with E-state index in [9.17, 15) is 14.0 Å². The minimum atomic E-state index is -0.375. The van der Waals surface area contributed by atoms with Crippen LogP contribution in [-0.4, -0.2) is 18.9 Å². The maximum Gasteiger partial charge on any atom is 0.264 e. The van der Waals surface area contributed by atoms with Gasteiger partial charge in [0.1, 0.15) is 5.82 Å². The van der Waals surface area contributed by atoms with Crippen molar-refractivity contribution >= 4 is 46.7 Å². The molecule has 0 radical (unpaired) electrons. The van der Waals surface area contributed by atoms with Crippen LogP contribution in [0.1, 0.15) is 20.8 Å². The summed E-state index contributed by atoms with van der Waals surface area (Å²) in [5.74, 6) is -0.804. The average Bonchev–Trinajstić information content (AvgIpc) is 3.25. The molecular weight excluding hydrogens is 407 g/mol. The van der Waals surface area contributed by atoms with Gasteiger partial charge in [0.25, 0.3) is 11.8 Å². The van der Waals surface area contributed by atoms with Gasteiger partial charge in [-0.3, -0.25) is 9.59 Å². The Morgan fingerprint density at radius 3 is 2.76 bits per heavy atom. The molecular formula is C22H17FN2O2S2. The van der Waals surface area contributed by atoms with Gasteiger partial charge < -0.3 is 10.2 Å². The van der Waals surface area contributed by atoms with Crippen LogP contribution in [-0.2, 0) is 11.3 Å². The molecule has 0 saturated heterocycles. The second-order valence-electron chi connectivity index (χ2n) is 6.44. The summed E-state index contributed by atoms with van der Waals surface area (Å²) in [5, 5.41) is 4.85. The van der Waals surface area contributed by atoms with E-state index in [1.165, 1.54) is 22.7 Å². The molecule has 0 saturated carbocycles. The summed E-state index contributed by atoms with van der Waals surface area (Å²) in [6, 6.07) is 15.5. The van der Waals surface area contributed by atoms with Crippen LogP contribution in [0, 0.1) is 5.82 Å². The molecule has 1 N–H and O–H groups in total. The first-order chi connectivity index (χ1) is 14.0. The summed E-state index contributed by atoms with van der Waals surface area (Å²) >= 11 is 2.86. The second kappa shape index (κ2) is 8.23. The van der Waals surface area contributed by atoms with Crippen LogP contribution in [0.5, 0.6) is 0 Å². The third-order valence-corrected chi connectivity index (χ3v) is 6.47. The lowest BCUT2D eigenvalue weighted by Crippen LogP contribution is -2.31. The molecule has 0 unspecified atom stereocenters. The van der Waals surface area contributed by atoms with Crippen LogP contribution >= 0.6 is 23.1 Å². The van der Waals surface area contributed by atoms with Crippen LogP contribution in [0.3, 0.4) is 0 Å². The van der Waals surface area contributed by atoms with Crippen molar-refractivity contribution in [2.75, 3.05) is 11.9 Å². The van der Waals surface area contributed by atoms with Gasteiger partial charge in [-0.1, -0.05) is 36.0 Å². The van der Waals surface area contributed by atoms with Crippen LogP contribution < -0.4 is 10.2 Å². The first-order valence-corrected chi connectivity index (χ1v) is 10.6. The molecule has 2 aromatic carbocycles. The summed E-state index contributed by atoms with van der Waals surface area (Å²) in [6.45, 7) is 0.465. The van der Waals surface area contributed by atoms with Crippen molar-refractivity contribution in [3.05, 3.63) is 86.7 Å². The molecule has 1 aromatic heterocycles. The number of hydrogen-bond acceptors (Lipinski definition) is 4. The fraction of sp³-hybridized carbons (Fsp3) is 0.0909. The quantitative estimate of drug-likeness (QED) is 0.605. The first kappa shape index (κ1) is 19.4. The number of thioether (sulfide) groups is 1. The zero-order valence-corrected chi connectivity index (χ0v) is 17.1. The highest BCUT2D eigenvalue weighted by Gasteiger charge is 2.27. The molecule has 0 bridgehead atoms. The fourth-order valence-corrected chi connectivity index (χ4v) is 4.68. The summed E-state index contributed by atoms with van der Waals surface area (Å²) in [5.41, 5.74) is 1.52. The van der Waals surface area contributed by atoms with E-state index in [2.05, 4.69) is 5.32 Å². The van der Waals surface area contributed by atoms with Gasteiger partial charge in [-0.2, -0.15) is 0 Å². The Labute approximate surface area is 176 Å². The molecule has 0 atom stereocenters. The lowest BCUT2D eigenvalue weighted by Gasteiger charge is -2.27. The number of carbonyl (C=O) groups is 2. The first-order valence-electron chi connectivity index (χ1n) is 8.89. The smallest absolute Gasteiger partial charge is 0.264 e. The lowest BCUT2D eigenvalue weighted by molar-refractivity contribution is -0.114. The molecule has 7 heteroatoms. The maximum atomic E-state index is 14.0. The Bertz CT molecular complexity index is 1110. The number of anilines is 1. The maximum absolute atomic E-state index is 14.0.